The van der Waals surface area contributed by atoms with E-state index in [2.05, 4.69) is 5.32 Å². The molecule has 76 valence electrons. The molecular weight excluding hydrogens is 255 g/mol. The van der Waals surface area contributed by atoms with Crippen molar-refractivity contribution in [1.82, 2.24) is 9.62 Å². The van der Waals surface area contributed by atoms with Crippen molar-refractivity contribution in [1.29, 1.82) is 0 Å². The summed E-state index contributed by atoms with van der Waals surface area (Å²) in [7, 11) is -0.774. The minimum Gasteiger partial charge on any atom is -0.335 e. The molecule has 0 saturated carbocycles. The van der Waals surface area contributed by atoms with Gasteiger partial charge in [0.05, 0.1) is 0 Å². The number of nitrogens with one attached hydrogen (secondary N) is 1. The molecule has 4 nitrogen and oxygen atoms in total. The van der Waals surface area contributed by atoms with Crippen molar-refractivity contribution >= 4 is 45.0 Å². The second kappa shape index (κ2) is 3.51. The highest BCUT2D eigenvalue weighted by atomic mass is 35.5. The van der Waals surface area contributed by atoms with Crippen LogP contribution in [0.2, 0.25) is 0 Å². The van der Waals surface area contributed by atoms with Gasteiger partial charge < -0.3 is 5.32 Å². The van der Waals surface area contributed by atoms with Crippen LogP contribution in [0.25, 0.3) is 0 Å². The van der Waals surface area contributed by atoms with Crippen LogP contribution < -0.4 is 5.32 Å². The van der Waals surface area contributed by atoms with Gasteiger partial charge in [-0.2, -0.15) is 0 Å². The lowest BCUT2D eigenvalue weighted by atomic mass is 11.0. The van der Waals surface area contributed by atoms with Crippen LogP contribution in [-0.2, 0) is 10.0 Å². The van der Waals surface area contributed by atoms with E-state index in [4.69, 9.17) is 23.2 Å². The lowest BCUT2D eigenvalue weighted by Gasteiger charge is -2.25. The molecule has 0 radical (unpaired) electrons. The number of nitrogens with zero attached hydrogens (tertiary/aromatic N) is 1. The average molecular weight is 263 g/mol. The van der Waals surface area contributed by atoms with Crippen LogP contribution in [0.5, 0.6) is 0 Å². The second-order valence-electron chi connectivity index (χ2n) is 2.53. The molecule has 0 aromatic heterocycles. The summed E-state index contributed by atoms with van der Waals surface area (Å²) in [5.74, 6) is 0. The molecule has 0 fully saturated rings. The van der Waals surface area contributed by atoms with Crippen molar-refractivity contribution < 1.29 is 8.42 Å². The molecule has 1 N–H and O–H groups in total. The number of rotatable bonds is 2. The molecule has 8 heteroatoms. The van der Waals surface area contributed by atoms with Crippen LogP contribution in [0.4, 0.5) is 0 Å². The van der Waals surface area contributed by atoms with Crippen LogP contribution in [0.3, 0.4) is 0 Å². The van der Waals surface area contributed by atoms with Crippen molar-refractivity contribution in [3.8, 4) is 0 Å². The Kier molecular flexibility index (Phi) is 3.09. The second-order valence-corrected chi connectivity index (χ2v) is 7.59. The fourth-order valence-electron chi connectivity index (χ4n) is 0.689. The summed E-state index contributed by atoms with van der Waals surface area (Å²) in [6.07, 6.45) is 0. The fraction of sp³-hybridized carbons (Fsp3) is 0.600. The van der Waals surface area contributed by atoms with Gasteiger partial charge in [0.2, 0.25) is 0 Å². The highest BCUT2D eigenvalue weighted by Gasteiger charge is 2.47. The van der Waals surface area contributed by atoms with Gasteiger partial charge in [-0.05, 0) is 0 Å². The highest BCUT2D eigenvalue weighted by molar-refractivity contribution is 8.17. The third-order valence-corrected chi connectivity index (χ3v) is 6.08. The molecule has 1 atom stereocenters. The first kappa shape index (κ1) is 11.5. The number of sulfonamides is 1. The zero-order valence-electron chi connectivity index (χ0n) is 6.91. The zero-order valence-corrected chi connectivity index (χ0v) is 10.1. The summed E-state index contributed by atoms with van der Waals surface area (Å²) in [4.78, 5) is 0. The largest absolute Gasteiger partial charge is 0.335 e. The summed E-state index contributed by atoms with van der Waals surface area (Å²) < 4.78 is 22.7. The van der Waals surface area contributed by atoms with Gasteiger partial charge in [0.15, 0.2) is 0 Å². The van der Waals surface area contributed by atoms with Crippen molar-refractivity contribution in [2.75, 3.05) is 14.1 Å². The van der Waals surface area contributed by atoms with Crippen molar-refractivity contribution in [3.05, 3.63) is 10.6 Å². The topological polar surface area (TPSA) is 49.4 Å². The molecule has 0 saturated heterocycles. The summed E-state index contributed by atoms with van der Waals surface area (Å²) in [5.41, 5.74) is 0. The number of halogens is 2. The first-order valence-electron chi connectivity index (χ1n) is 3.22. The maximum absolute atomic E-state index is 11.6. The monoisotopic (exact) mass is 262 g/mol. The van der Waals surface area contributed by atoms with E-state index in [1.165, 1.54) is 19.5 Å². The number of hydrogen-bond acceptors (Lipinski definition) is 4. The van der Waals surface area contributed by atoms with Crippen LogP contribution in [0.1, 0.15) is 0 Å². The SMILES string of the molecule is CN(C)S(=O)(=O)C1(Cl)NC(Cl)=CS1. The molecular formula is C5H8Cl2N2O2S2. The van der Waals surface area contributed by atoms with Gasteiger partial charge in [-0.25, -0.2) is 12.7 Å². The zero-order chi connectivity index (χ0) is 10.3. The predicted molar refractivity (Wildman–Crippen MR) is 55.9 cm³/mol. The summed E-state index contributed by atoms with van der Waals surface area (Å²) in [5, 5.41) is 4.16. The van der Waals surface area contributed by atoms with Crippen molar-refractivity contribution in [3.63, 3.8) is 0 Å². The molecule has 1 aliphatic rings. The maximum atomic E-state index is 11.6. The third kappa shape index (κ3) is 1.92. The van der Waals surface area contributed by atoms with E-state index in [0.29, 0.717) is 0 Å². The lowest BCUT2D eigenvalue weighted by Crippen LogP contribution is -2.46. The Labute approximate surface area is 91.3 Å². The first-order chi connectivity index (χ1) is 5.79. The van der Waals surface area contributed by atoms with Crippen LogP contribution in [0, 0.1) is 0 Å². The van der Waals surface area contributed by atoms with E-state index in [-0.39, 0.29) is 5.16 Å². The van der Waals surface area contributed by atoms with E-state index in [1.807, 2.05) is 0 Å². The molecule has 0 bridgehead atoms. The molecule has 1 unspecified atom stereocenters. The molecule has 1 rings (SSSR count). The molecule has 13 heavy (non-hydrogen) atoms. The smallest absolute Gasteiger partial charge is 0.282 e. The lowest BCUT2D eigenvalue weighted by molar-refractivity contribution is 0.509. The Morgan fingerprint density at radius 1 is 1.62 bits per heavy atom. The molecule has 0 aromatic carbocycles. The van der Waals surface area contributed by atoms with Gasteiger partial charge in [0, 0.05) is 19.5 Å². The number of hydrogen-bond donors (Lipinski definition) is 1. The van der Waals surface area contributed by atoms with E-state index in [1.54, 1.807) is 0 Å². The molecule has 0 aromatic rings. The van der Waals surface area contributed by atoms with Gasteiger partial charge >= 0.3 is 0 Å². The fourth-order valence-corrected chi connectivity index (χ4v) is 4.04. The van der Waals surface area contributed by atoms with E-state index >= 15 is 0 Å². The average Bonchev–Trinajstić information content (AvgIpc) is 2.32. The van der Waals surface area contributed by atoms with Crippen LogP contribution >= 0.6 is 35.0 Å². The van der Waals surface area contributed by atoms with Crippen molar-refractivity contribution in [2.24, 2.45) is 0 Å². The Morgan fingerprint density at radius 3 is 2.46 bits per heavy atom. The number of alkyl halides is 1. The van der Waals surface area contributed by atoms with Gasteiger partial charge in [-0.15, -0.1) is 0 Å². The van der Waals surface area contributed by atoms with Crippen LogP contribution in [-0.4, -0.2) is 30.5 Å². The minimum absolute atomic E-state index is 0.227. The summed E-state index contributed by atoms with van der Waals surface area (Å²) in [6, 6.07) is 0. The van der Waals surface area contributed by atoms with Gasteiger partial charge in [-0.3, -0.25) is 0 Å². The van der Waals surface area contributed by atoms with E-state index in [0.717, 1.165) is 16.1 Å². The normalized spacial score (nSPS) is 28.8. The van der Waals surface area contributed by atoms with Gasteiger partial charge in [0.1, 0.15) is 5.16 Å². The number of thioether (sulfide) groups is 1. The minimum atomic E-state index is -3.59. The quantitative estimate of drug-likeness (QED) is 0.598. The predicted octanol–water partition coefficient (Wildman–Crippen LogP) is 1.10. The highest BCUT2D eigenvalue weighted by Crippen LogP contribution is 2.41. The Balaban J connectivity index is 2.98. The van der Waals surface area contributed by atoms with E-state index in [9.17, 15) is 8.42 Å². The van der Waals surface area contributed by atoms with Gasteiger partial charge in [-0.1, -0.05) is 35.0 Å². The molecule has 0 amide bonds. The first-order valence-corrected chi connectivity index (χ1v) is 6.30. The maximum Gasteiger partial charge on any atom is 0.282 e. The molecule has 0 aliphatic carbocycles. The molecule has 1 heterocycles. The Hall–Kier alpha value is 0.380. The standard InChI is InChI=1S/C5H8Cl2N2O2S2/c1-9(2)13(10,11)5(7)8-4(6)3-12-5/h3,8H,1-2H3. The Bertz CT molecular complexity index is 340. The summed E-state index contributed by atoms with van der Waals surface area (Å²) in [6.45, 7) is 0. The van der Waals surface area contributed by atoms with Gasteiger partial charge in [0.25, 0.3) is 13.7 Å². The molecule has 1 aliphatic heterocycles. The van der Waals surface area contributed by atoms with E-state index < -0.39 is 13.7 Å². The molecule has 0 spiro atoms. The Morgan fingerprint density at radius 2 is 2.15 bits per heavy atom. The summed E-state index contributed by atoms with van der Waals surface area (Å²) >= 11 is 12.3. The van der Waals surface area contributed by atoms with Crippen LogP contribution in [0.15, 0.2) is 10.6 Å². The third-order valence-electron chi connectivity index (χ3n) is 1.40. The van der Waals surface area contributed by atoms with Crippen molar-refractivity contribution in [2.45, 2.75) is 3.66 Å².